The number of aliphatic hydroxyl groups is 1. The average molecular weight is 421 g/mol. The Hall–Kier alpha value is -3.59. The van der Waals surface area contributed by atoms with Gasteiger partial charge in [-0.25, -0.2) is 10.2 Å². The Labute approximate surface area is 178 Å². The molecule has 0 unspecified atom stereocenters. The number of hydrogen-bond acceptors (Lipinski definition) is 5. The van der Waals surface area contributed by atoms with Crippen molar-refractivity contribution in [2.75, 3.05) is 0 Å². The van der Waals surface area contributed by atoms with E-state index in [1.54, 1.807) is 42.8 Å². The number of carbonyl (C=O) groups excluding carboxylic acids is 1. The molecule has 0 fully saturated rings. The van der Waals surface area contributed by atoms with Gasteiger partial charge in [-0.05, 0) is 50.1 Å². The van der Waals surface area contributed by atoms with Gasteiger partial charge in [-0.2, -0.15) is 5.48 Å². The molecular formula is C23H25N4O4+. The number of hydroxylamine groups is 1. The topological polar surface area (TPSA) is 135 Å². The van der Waals surface area contributed by atoms with Crippen LogP contribution in [0, 0.1) is 0 Å². The van der Waals surface area contributed by atoms with Crippen LogP contribution in [0.5, 0.6) is 0 Å². The number of nitrogens with two attached hydrogens (primary N) is 2. The molecule has 0 aliphatic heterocycles. The first-order chi connectivity index (χ1) is 14.7. The molecule has 160 valence electrons. The Morgan fingerprint density at radius 1 is 1.29 bits per heavy atom. The van der Waals surface area contributed by atoms with Crippen molar-refractivity contribution < 1.29 is 20.6 Å². The highest BCUT2D eigenvalue weighted by atomic mass is 16.5. The SMILES string of the molecule is CC(C)(O)C/C=C\C(=C/[NH2+]O)c1cccc(-n2cc(C(N)=O)c(=O)c3cccnc32)c1. The van der Waals surface area contributed by atoms with E-state index in [0.717, 1.165) is 11.0 Å². The number of nitrogens with zero attached hydrogens (tertiary/aromatic N) is 2. The predicted octanol–water partition coefficient (Wildman–Crippen LogP) is 1.50. The number of pyridine rings is 2. The molecular weight excluding hydrogens is 396 g/mol. The second-order valence-electron chi connectivity index (χ2n) is 7.72. The fourth-order valence-electron chi connectivity index (χ4n) is 3.17. The number of benzene rings is 1. The standard InChI is InChI=1S/C23H24N4O4/c1-23(2,30)10-4-7-16(13-26-31)15-6-3-8-17(12-15)27-14-19(21(24)29)20(28)18-9-5-11-25-22(18)27/h3-9,11-14,26,30-31H,10H2,1-2H3,(H2,24,29)/p+1/b7-4-,16-13+. The van der Waals surface area contributed by atoms with E-state index < -0.39 is 16.9 Å². The molecule has 8 heteroatoms. The maximum atomic E-state index is 12.6. The molecule has 0 saturated heterocycles. The predicted molar refractivity (Wildman–Crippen MR) is 118 cm³/mol. The van der Waals surface area contributed by atoms with E-state index in [0.29, 0.717) is 23.3 Å². The zero-order valence-electron chi connectivity index (χ0n) is 17.3. The summed E-state index contributed by atoms with van der Waals surface area (Å²) in [6.07, 6.45) is 8.56. The van der Waals surface area contributed by atoms with Crippen LogP contribution in [0.15, 0.2) is 71.9 Å². The molecule has 31 heavy (non-hydrogen) atoms. The maximum absolute atomic E-state index is 12.6. The van der Waals surface area contributed by atoms with Crippen LogP contribution in [-0.4, -0.2) is 31.4 Å². The summed E-state index contributed by atoms with van der Waals surface area (Å²) in [5.41, 5.74) is 7.45. The van der Waals surface area contributed by atoms with Crippen molar-refractivity contribution >= 4 is 22.5 Å². The fraction of sp³-hybridized carbons (Fsp3) is 0.174. The molecule has 0 atom stereocenters. The molecule has 2 heterocycles. The molecule has 0 spiro atoms. The van der Waals surface area contributed by atoms with Crippen LogP contribution in [0.2, 0.25) is 0 Å². The van der Waals surface area contributed by atoms with E-state index in [-0.39, 0.29) is 10.9 Å². The number of rotatable bonds is 7. The fourth-order valence-corrected chi connectivity index (χ4v) is 3.17. The van der Waals surface area contributed by atoms with E-state index in [1.165, 1.54) is 12.4 Å². The zero-order chi connectivity index (χ0) is 22.6. The number of hydrogen-bond donors (Lipinski definition) is 4. The van der Waals surface area contributed by atoms with Gasteiger partial charge in [0.05, 0.1) is 11.0 Å². The first-order valence-electron chi connectivity index (χ1n) is 9.69. The molecule has 1 amide bonds. The van der Waals surface area contributed by atoms with Crippen LogP contribution < -0.4 is 16.6 Å². The van der Waals surface area contributed by atoms with Gasteiger partial charge in [0.25, 0.3) is 5.91 Å². The van der Waals surface area contributed by atoms with Crippen LogP contribution in [0.3, 0.4) is 0 Å². The average Bonchev–Trinajstić information content (AvgIpc) is 2.72. The molecule has 0 bridgehead atoms. The highest BCUT2D eigenvalue weighted by Gasteiger charge is 2.15. The van der Waals surface area contributed by atoms with Crippen molar-refractivity contribution in [1.82, 2.24) is 9.55 Å². The summed E-state index contributed by atoms with van der Waals surface area (Å²) in [4.78, 5) is 28.7. The number of aromatic nitrogens is 2. The Balaban J connectivity index is 2.14. The van der Waals surface area contributed by atoms with Gasteiger partial charge in [-0.3, -0.25) is 9.59 Å². The summed E-state index contributed by atoms with van der Waals surface area (Å²) in [6.45, 7) is 3.43. The largest absolute Gasteiger partial charge is 0.390 e. The van der Waals surface area contributed by atoms with Gasteiger partial charge in [0.1, 0.15) is 17.4 Å². The van der Waals surface area contributed by atoms with E-state index in [1.807, 2.05) is 30.3 Å². The molecule has 0 aliphatic carbocycles. The summed E-state index contributed by atoms with van der Waals surface area (Å²) >= 11 is 0. The number of amides is 1. The normalized spacial score (nSPS) is 12.6. The molecule has 2 aromatic heterocycles. The lowest BCUT2D eigenvalue weighted by atomic mass is 10.0. The van der Waals surface area contributed by atoms with Gasteiger partial charge in [-0.15, -0.1) is 0 Å². The van der Waals surface area contributed by atoms with Crippen LogP contribution >= 0.6 is 0 Å². The lowest BCUT2D eigenvalue weighted by Crippen LogP contribution is -2.73. The Kier molecular flexibility index (Phi) is 6.45. The second-order valence-corrected chi connectivity index (χ2v) is 7.72. The van der Waals surface area contributed by atoms with Crippen molar-refractivity contribution in [2.24, 2.45) is 5.73 Å². The molecule has 0 saturated carbocycles. The van der Waals surface area contributed by atoms with Crippen molar-refractivity contribution in [3.63, 3.8) is 0 Å². The summed E-state index contributed by atoms with van der Waals surface area (Å²) in [5, 5.41) is 19.5. The smallest absolute Gasteiger partial charge is 0.254 e. The van der Waals surface area contributed by atoms with Gasteiger partial charge < -0.3 is 15.4 Å². The van der Waals surface area contributed by atoms with E-state index >= 15 is 0 Å². The number of primary amides is 1. The van der Waals surface area contributed by atoms with E-state index in [9.17, 15) is 19.9 Å². The molecule has 0 aliphatic rings. The molecule has 1 aromatic carbocycles. The zero-order valence-corrected chi connectivity index (χ0v) is 17.3. The number of allylic oxidation sites excluding steroid dienone is 2. The van der Waals surface area contributed by atoms with Crippen molar-refractivity contribution in [1.29, 1.82) is 0 Å². The Morgan fingerprint density at radius 3 is 2.74 bits per heavy atom. The second kappa shape index (κ2) is 9.05. The lowest BCUT2D eigenvalue weighted by molar-refractivity contribution is -0.837. The third-order valence-corrected chi connectivity index (χ3v) is 4.65. The third-order valence-electron chi connectivity index (χ3n) is 4.65. The molecule has 8 nitrogen and oxygen atoms in total. The van der Waals surface area contributed by atoms with Crippen molar-refractivity contribution in [3.8, 4) is 5.69 Å². The summed E-state index contributed by atoms with van der Waals surface area (Å²) in [5.74, 6) is -0.814. The molecule has 0 radical (unpaired) electrons. The minimum absolute atomic E-state index is 0.129. The van der Waals surface area contributed by atoms with E-state index in [4.69, 9.17) is 5.73 Å². The summed E-state index contributed by atoms with van der Waals surface area (Å²) in [6, 6.07) is 10.6. The first kappa shape index (κ1) is 22.1. The first-order valence-corrected chi connectivity index (χ1v) is 9.69. The van der Waals surface area contributed by atoms with E-state index in [2.05, 4.69) is 4.98 Å². The quantitative estimate of drug-likeness (QED) is 0.339. The van der Waals surface area contributed by atoms with Crippen LogP contribution in [0.1, 0.15) is 36.2 Å². The molecule has 3 rings (SSSR count). The van der Waals surface area contributed by atoms with Gasteiger partial charge in [0.2, 0.25) is 5.43 Å². The highest BCUT2D eigenvalue weighted by Crippen LogP contribution is 2.22. The number of quaternary nitrogens is 1. The Morgan fingerprint density at radius 2 is 2.06 bits per heavy atom. The van der Waals surface area contributed by atoms with Gasteiger partial charge in [-0.1, -0.05) is 24.3 Å². The lowest BCUT2D eigenvalue weighted by Gasteiger charge is -2.14. The summed E-state index contributed by atoms with van der Waals surface area (Å²) in [7, 11) is 0. The van der Waals surface area contributed by atoms with Crippen LogP contribution in [0.25, 0.3) is 22.3 Å². The third kappa shape index (κ3) is 5.13. The molecule has 6 N–H and O–H groups in total. The van der Waals surface area contributed by atoms with Crippen LogP contribution in [-0.2, 0) is 0 Å². The van der Waals surface area contributed by atoms with Crippen molar-refractivity contribution in [2.45, 2.75) is 25.9 Å². The monoisotopic (exact) mass is 421 g/mol. The van der Waals surface area contributed by atoms with Gasteiger partial charge >= 0.3 is 0 Å². The van der Waals surface area contributed by atoms with Crippen molar-refractivity contribution in [3.05, 3.63) is 88.5 Å². The Bertz CT molecular complexity index is 1240. The molecule has 3 aromatic rings. The minimum atomic E-state index is -0.849. The summed E-state index contributed by atoms with van der Waals surface area (Å²) < 4.78 is 1.64. The van der Waals surface area contributed by atoms with Gasteiger partial charge in [0, 0.05) is 23.7 Å². The number of fused-ring (bicyclic) bond motifs is 1. The number of carbonyl (C=O) groups is 1. The minimum Gasteiger partial charge on any atom is -0.390 e. The highest BCUT2D eigenvalue weighted by molar-refractivity contribution is 5.96. The maximum Gasteiger partial charge on any atom is 0.254 e. The van der Waals surface area contributed by atoms with Gasteiger partial charge in [0.15, 0.2) is 0 Å². The van der Waals surface area contributed by atoms with Crippen LogP contribution in [0.4, 0.5) is 0 Å².